The fraction of sp³-hybridized carbons (Fsp3) is 0.615. The molecule has 1 aliphatic rings. The van der Waals surface area contributed by atoms with Gasteiger partial charge >= 0.3 is 0 Å². The molecule has 0 spiro atoms. The van der Waals surface area contributed by atoms with Crippen molar-refractivity contribution in [3.8, 4) is 5.88 Å². The molecule has 1 aliphatic carbocycles. The number of hydrogen-bond donors (Lipinski definition) is 1. The summed E-state index contributed by atoms with van der Waals surface area (Å²) < 4.78 is 6.99. The van der Waals surface area contributed by atoms with Gasteiger partial charge in [-0.2, -0.15) is 0 Å². The summed E-state index contributed by atoms with van der Waals surface area (Å²) in [5.41, 5.74) is 1.13. The zero-order chi connectivity index (χ0) is 12.1. The van der Waals surface area contributed by atoms with Crippen molar-refractivity contribution in [1.82, 2.24) is 10.3 Å². The molecular weight excluding hydrogens is 280 g/mol. The highest BCUT2D eigenvalue weighted by molar-refractivity contribution is 9.10. The fourth-order valence-electron chi connectivity index (χ4n) is 2.13. The summed E-state index contributed by atoms with van der Waals surface area (Å²) in [7, 11) is 0. The quantitative estimate of drug-likeness (QED) is 0.906. The highest BCUT2D eigenvalue weighted by Gasteiger charge is 2.18. The molecule has 0 radical (unpaired) electrons. The van der Waals surface area contributed by atoms with Gasteiger partial charge in [-0.3, -0.25) is 0 Å². The summed E-state index contributed by atoms with van der Waals surface area (Å²) in [6, 6.07) is 2.08. The first-order chi connectivity index (χ1) is 8.29. The maximum atomic E-state index is 5.99. The number of nitrogens with zero attached hydrogens (tertiary/aromatic N) is 1. The SMILES string of the molecule is CCNCc1cc(Br)cnc1OC1CCCC1. The van der Waals surface area contributed by atoms with Crippen LogP contribution in [0.15, 0.2) is 16.7 Å². The van der Waals surface area contributed by atoms with Gasteiger partial charge < -0.3 is 10.1 Å². The van der Waals surface area contributed by atoms with Crippen LogP contribution in [0.5, 0.6) is 5.88 Å². The second-order valence-corrected chi connectivity index (χ2v) is 5.34. The van der Waals surface area contributed by atoms with Gasteiger partial charge in [0.05, 0.1) is 0 Å². The molecule has 0 aromatic carbocycles. The maximum Gasteiger partial charge on any atom is 0.218 e. The van der Waals surface area contributed by atoms with E-state index in [1.807, 2.05) is 0 Å². The first-order valence-electron chi connectivity index (χ1n) is 6.31. The Bertz CT molecular complexity index is 364. The smallest absolute Gasteiger partial charge is 0.218 e. The van der Waals surface area contributed by atoms with Gasteiger partial charge in [0.2, 0.25) is 5.88 Å². The van der Waals surface area contributed by atoms with Gasteiger partial charge in [0, 0.05) is 22.8 Å². The first kappa shape index (κ1) is 12.8. The Morgan fingerprint density at radius 3 is 2.94 bits per heavy atom. The van der Waals surface area contributed by atoms with Crippen molar-refractivity contribution in [3.63, 3.8) is 0 Å². The Hall–Kier alpha value is -0.610. The van der Waals surface area contributed by atoms with Crippen LogP contribution in [0.3, 0.4) is 0 Å². The predicted molar refractivity (Wildman–Crippen MR) is 72.2 cm³/mol. The third-order valence-corrected chi connectivity index (χ3v) is 3.47. The lowest BCUT2D eigenvalue weighted by Crippen LogP contribution is -2.17. The molecule has 1 saturated carbocycles. The molecule has 1 aromatic heterocycles. The molecule has 0 bridgehead atoms. The summed E-state index contributed by atoms with van der Waals surface area (Å²) >= 11 is 3.46. The zero-order valence-corrected chi connectivity index (χ0v) is 11.8. The van der Waals surface area contributed by atoms with E-state index < -0.39 is 0 Å². The average Bonchev–Trinajstić information content (AvgIpc) is 2.82. The van der Waals surface area contributed by atoms with E-state index in [4.69, 9.17) is 4.74 Å². The molecule has 3 nitrogen and oxygen atoms in total. The predicted octanol–water partition coefficient (Wildman–Crippen LogP) is 3.28. The minimum atomic E-state index is 0.365. The van der Waals surface area contributed by atoms with E-state index in [0.29, 0.717) is 6.10 Å². The highest BCUT2D eigenvalue weighted by Crippen LogP contribution is 2.26. The number of nitrogens with one attached hydrogen (secondary N) is 1. The van der Waals surface area contributed by atoms with Crippen LogP contribution in [0.2, 0.25) is 0 Å². The summed E-state index contributed by atoms with van der Waals surface area (Å²) in [6.45, 7) is 3.86. The van der Waals surface area contributed by atoms with Crippen LogP contribution < -0.4 is 10.1 Å². The Labute approximate surface area is 111 Å². The number of ether oxygens (including phenoxy) is 1. The molecule has 2 rings (SSSR count). The molecule has 1 N–H and O–H groups in total. The second kappa shape index (κ2) is 6.36. The zero-order valence-electron chi connectivity index (χ0n) is 10.2. The van der Waals surface area contributed by atoms with Gasteiger partial charge in [0.15, 0.2) is 0 Å². The van der Waals surface area contributed by atoms with Gasteiger partial charge in [0.25, 0.3) is 0 Å². The lowest BCUT2D eigenvalue weighted by atomic mass is 10.2. The molecular formula is C13H19BrN2O. The molecule has 1 aromatic rings. The Balaban J connectivity index is 2.07. The molecule has 0 atom stereocenters. The van der Waals surface area contributed by atoms with Crippen molar-refractivity contribution >= 4 is 15.9 Å². The maximum absolute atomic E-state index is 5.99. The largest absolute Gasteiger partial charge is 0.474 e. The summed E-state index contributed by atoms with van der Waals surface area (Å²) in [5.74, 6) is 0.793. The van der Waals surface area contributed by atoms with E-state index in [0.717, 1.165) is 29.0 Å². The van der Waals surface area contributed by atoms with E-state index in [1.165, 1.54) is 25.7 Å². The lowest BCUT2D eigenvalue weighted by molar-refractivity contribution is 0.199. The molecule has 0 saturated heterocycles. The van der Waals surface area contributed by atoms with Crippen LogP contribution >= 0.6 is 15.9 Å². The average molecular weight is 299 g/mol. The van der Waals surface area contributed by atoms with Crippen molar-refractivity contribution in [2.24, 2.45) is 0 Å². The van der Waals surface area contributed by atoms with Crippen LogP contribution in [0, 0.1) is 0 Å². The molecule has 0 aliphatic heterocycles. The molecule has 0 amide bonds. The van der Waals surface area contributed by atoms with Crippen LogP contribution in [0.25, 0.3) is 0 Å². The van der Waals surface area contributed by atoms with Gasteiger partial charge in [-0.25, -0.2) is 4.98 Å². The molecule has 94 valence electrons. The normalized spacial score (nSPS) is 16.4. The van der Waals surface area contributed by atoms with Crippen molar-refractivity contribution in [1.29, 1.82) is 0 Å². The topological polar surface area (TPSA) is 34.2 Å². The third kappa shape index (κ3) is 3.68. The van der Waals surface area contributed by atoms with Crippen LogP contribution in [0.1, 0.15) is 38.2 Å². The minimum Gasteiger partial charge on any atom is -0.474 e. The Kier molecular flexibility index (Phi) is 4.80. The van der Waals surface area contributed by atoms with Crippen molar-refractivity contribution in [2.45, 2.75) is 45.3 Å². The van der Waals surface area contributed by atoms with Crippen molar-refractivity contribution in [2.75, 3.05) is 6.54 Å². The molecule has 0 unspecified atom stereocenters. The summed E-state index contributed by atoms with van der Waals surface area (Å²) in [4.78, 5) is 4.39. The number of aromatic nitrogens is 1. The number of rotatable bonds is 5. The van der Waals surface area contributed by atoms with Gasteiger partial charge in [-0.05, 0) is 54.2 Å². The van der Waals surface area contributed by atoms with E-state index in [1.54, 1.807) is 6.20 Å². The van der Waals surface area contributed by atoms with Crippen LogP contribution in [-0.2, 0) is 6.54 Å². The van der Waals surface area contributed by atoms with E-state index in [9.17, 15) is 0 Å². The molecule has 1 fully saturated rings. The van der Waals surface area contributed by atoms with Crippen molar-refractivity contribution < 1.29 is 4.74 Å². The fourth-order valence-corrected chi connectivity index (χ4v) is 2.50. The molecule has 17 heavy (non-hydrogen) atoms. The highest BCUT2D eigenvalue weighted by atomic mass is 79.9. The molecule has 1 heterocycles. The molecule has 4 heteroatoms. The summed E-state index contributed by atoms with van der Waals surface area (Å²) in [5, 5.41) is 3.32. The van der Waals surface area contributed by atoms with E-state index in [2.05, 4.69) is 39.2 Å². The van der Waals surface area contributed by atoms with E-state index in [-0.39, 0.29) is 0 Å². The Morgan fingerprint density at radius 1 is 1.47 bits per heavy atom. The number of halogens is 1. The number of hydrogen-bond acceptors (Lipinski definition) is 3. The minimum absolute atomic E-state index is 0.365. The monoisotopic (exact) mass is 298 g/mol. The van der Waals surface area contributed by atoms with Gasteiger partial charge in [-0.15, -0.1) is 0 Å². The van der Waals surface area contributed by atoms with Crippen molar-refractivity contribution in [3.05, 3.63) is 22.3 Å². The summed E-state index contributed by atoms with van der Waals surface area (Å²) in [6.07, 6.45) is 7.06. The third-order valence-electron chi connectivity index (χ3n) is 3.04. The number of pyridine rings is 1. The van der Waals surface area contributed by atoms with Gasteiger partial charge in [0.1, 0.15) is 6.10 Å². The van der Waals surface area contributed by atoms with E-state index >= 15 is 0 Å². The standard InChI is InChI=1S/C13H19BrN2O/c1-2-15-8-10-7-11(14)9-16-13(10)17-12-5-3-4-6-12/h7,9,12,15H,2-6,8H2,1H3. The second-order valence-electron chi connectivity index (χ2n) is 4.42. The lowest BCUT2D eigenvalue weighted by Gasteiger charge is -2.15. The van der Waals surface area contributed by atoms with Crippen LogP contribution in [0.4, 0.5) is 0 Å². The Morgan fingerprint density at radius 2 is 2.24 bits per heavy atom. The van der Waals surface area contributed by atoms with Gasteiger partial charge in [-0.1, -0.05) is 6.92 Å². The first-order valence-corrected chi connectivity index (χ1v) is 7.10. The van der Waals surface area contributed by atoms with Crippen LogP contribution in [-0.4, -0.2) is 17.6 Å².